The monoisotopic (exact) mass is 952 g/mol. The molecule has 0 saturated carbocycles. The Balaban J connectivity index is 1.81. The van der Waals surface area contributed by atoms with Crippen LogP contribution in [0, 0.1) is 14.3 Å². The molecule has 196 valence electrons. The smallest absolute Gasteiger partial charge is 0.229 e. The van der Waals surface area contributed by atoms with E-state index < -0.39 is 48.7 Å². The predicted octanol–water partition coefficient (Wildman–Crippen LogP) is -1.26. The van der Waals surface area contributed by atoms with Crippen molar-refractivity contribution in [1.82, 2.24) is 0 Å². The van der Waals surface area contributed by atoms with Crippen LogP contribution in [0.2, 0.25) is 0 Å². The number of aliphatic hydroxyl groups excluding tert-OH is 3. The fourth-order valence-electron chi connectivity index (χ4n) is 3.28. The van der Waals surface area contributed by atoms with Gasteiger partial charge in [0.05, 0.1) is 26.2 Å². The summed E-state index contributed by atoms with van der Waals surface area (Å²) in [4.78, 5) is 22.2. The Morgan fingerprint density at radius 1 is 0.917 bits per heavy atom. The van der Waals surface area contributed by atoms with E-state index >= 15 is 0 Å². The lowest BCUT2D eigenvalue weighted by Gasteiger charge is -2.40. The minimum absolute atomic E-state index is 0.218. The van der Waals surface area contributed by atoms with Crippen molar-refractivity contribution >= 4 is 102 Å². The van der Waals surface area contributed by atoms with Crippen molar-refractivity contribution in [2.75, 3.05) is 0 Å². The van der Waals surface area contributed by atoms with E-state index in [1.54, 1.807) is 12.1 Å². The van der Waals surface area contributed by atoms with Crippen molar-refractivity contribution < 1.29 is 55.1 Å². The zero-order valence-electron chi connectivity index (χ0n) is 17.9. The second-order valence-electron chi connectivity index (χ2n) is 7.76. The highest BCUT2D eigenvalue weighted by Gasteiger charge is 2.45. The van der Waals surface area contributed by atoms with Crippen LogP contribution in [0.25, 0.3) is 0 Å². The maximum Gasteiger partial charge on any atom is 0.229 e. The average Bonchev–Trinajstić information content (AvgIpc) is 2.78. The van der Waals surface area contributed by atoms with Gasteiger partial charge >= 0.3 is 0 Å². The fraction of sp³-hybridized carbons (Fsp3) is 0.333. The molecule has 3 rings (SSSR count). The van der Waals surface area contributed by atoms with Crippen LogP contribution in [0.4, 0.5) is 0 Å². The normalized spacial score (nSPS) is 24.7. The van der Waals surface area contributed by atoms with E-state index in [0.717, 1.165) is 12.7 Å². The predicted molar refractivity (Wildman–Crippen MR) is 152 cm³/mol. The first-order chi connectivity index (χ1) is 16.8. The largest absolute Gasteiger partial charge is 0.547 e. The number of carboxylic acids is 2. The van der Waals surface area contributed by atoms with Crippen molar-refractivity contribution in [2.24, 2.45) is 0 Å². The maximum atomic E-state index is 11.2. The van der Waals surface area contributed by atoms with Crippen molar-refractivity contribution in [3.05, 3.63) is 44.1 Å². The number of ether oxygens (including phenoxy) is 3. The first-order valence-electron chi connectivity index (χ1n) is 10.1. The third-order valence-corrected chi connectivity index (χ3v) is 8.31. The second kappa shape index (κ2) is 12.7. The first kappa shape index (κ1) is 30.2. The molecule has 1 unspecified atom stereocenters. The summed E-state index contributed by atoms with van der Waals surface area (Å²) in [6.07, 6.45) is -8.65. The highest BCUT2D eigenvalue weighted by atomic mass is 127. The van der Waals surface area contributed by atoms with Crippen LogP contribution in [0.5, 0.6) is 17.2 Å². The number of carbonyl (C=O) groups excluding carboxylic acids is 2. The third-order valence-electron chi connectivity index (χ3n) is 5.10. The van der Waals surface area contributed by atoms with Crippen LogP contribution in [0.1, 0.15) is 5.56 Å². The van der Waals surface area contributed by atoms with Crippen LogP contribution in [0.15, 0.2) is 24.3 Å². The number of benzene rings is 2. The van der Waals surface area contributed by atoms with Crippen LogP contribution in [0.3, 0.4) is 0 Å². The van der Waals surface area contributed by atoms with Gasteiger partial charge in [0.2, 0.25) is 6.29 Å². The van der Waals surface area contributed by atoms with Crippen molar-refractivity contribution in [3.63, 3.8) is 0 Å². The summed E-state index contributed by atoms with van der Waals surface area (Å²) in [7, 11) is 0. The van der Waals surface area contributed by atoms with Crippen molar-refractivity contribution in [1.29, 1.82) is 0 Å². The molecule has 6 N–H and O–H groups in total. The van der Waals surface area contributed by atoms with Gasteiger partial charge in [-0.2, -0.15) is 0 Å². The third kappa shape index (κ3) is 7.01. The van der Waals surface area contributed by atoms with Gasteiger partial charge in [-0.15, -0.1) is 0 Å². The van der Waals surface area contributed by atoms with E-state index in [4.69, 9.17) is 14.2 Å². The molecule has 1 fully saturated rings. The van der Waals surface area contributed by atoms with Gasteiger partial charge in [0.1, 0.15) is 42.0 Å². The summed E-state index contributed by atoms with van der Waals surface area (Å²) >= 11 is 8.12. The molecule has 0 aliphatic carbocycles. The first-order valence-corrected chi connectivity index (χ1v) is 14.4. The highest BCUT2D eigenvalue weighted by molar-refractivity contribution is 14.1. The van der Waals surface area contributed by atoms with Gasteiger partial charge in [-0.25, -0.2) is 0 Å². The van der Waals surface area contributed by atoms with Crippen LogP contribution in [-0.2, 0) is 20.7 Å². The lowest BCUT2D eigenvalue weighted by Crippen LogP contribution is -2.69. The molecule has 2 aromatic carbocycles. The Morgan fingerprint density at radius 3 is 1.94 bits per heavy atom. The standard InChI is InChI=1S/C21H19I4NO10/c22-8-1-6(3-12(26)19(30)31)2-9(23)16(8)34-7-4-10(24)17(11(25)5-7)35-21-15(29)13(27)14(28)18(36-21)20(32)33/h1-2,4-5,12-15,18,21,27-29H,3,26H2,(H,30,31)(H,32,33)/p-1/t12-,13-,14-,15+,18-,21?/m0/s1. The molecule has 0 amide bonds. The van der Waals surface area contributed by atoms with Crippen molar-refractivity contribution in [3.8, 4) is 17.2 Å². The van der Waals surface area contributed by atoms with E-state index in [1.807, 2.05) is 57.3 Å². The minimum atomic E-state index is -1.89. The summed E-state index contributed by atoms with van der Waals surface area (Å²) in [5.41, 5.74) is 4.36. The van der Waals surface area contributed by atoms with Gasteiger partial charge in [-0.05, 0) is 120 Å². The van der Waals surface area contributed by atoms with Gasteiger partial charge < -0.3 is 55.1 Å². The van der Waals surface area contributed by atoms with Gasteiger partial charge in [0.25, 0.3) is 0 Å². The molecule has 2 aromatic rings. The number of halogens is 4. The van der Waals surface area contributed by atoms with Gasteiger partial charge in [0.15, 0.2) is 5.75 Å². The molecule has 11 nitrogen and oxygen atoms in total. The number of hydrogen-bond donors (Lipinski definition) is 4. The lowest BCUT2D eigenvalue weighted by molar-refractivity contribution is -0.437. The van der Waals surface area contributed by atoms with E-state index in [9.17, 15) is 35.1 Å². The zero-order valence-corrected chi connectivity index (χ0v) is 26.5. The molecule has 0 bridgehead atoms. The molecule has 36 heavy (non-hydrogen) atoms. The molecule has 1 heterocycles. The fourth-order valence-corrected chi connectivity index (χ4v) is 7.36. The van der Waals surface area contributed by atoms with E-state index in [2.05, 4.69) is 50.9 Å². The number of carbonyl (C=O) groups is 2. The number of quaternary nitrogens is 1. The molecule has 15 heteroatoms. The molecule has 6 atom stereocenters. The average molecular weight is 952 g/mol. The molecule has 0 aromatic heterocycles. The highest BCUT2D eigenvalue weighted by Crippen LogP contribution is 2.38. The van der Waals surface area contributed by atoms with Gasteiger partial charge in [-0.3, -0.25) is 0 Å². The van der Waals surface area contributed by atoms with E-state index in [-0.39, 0.29) is 12.2 Å². The summed E-state index contributed by atoms with van der Waals surface area (Å²) < 4.78 is 19.5. The molecule has 1 saturated heterocycles. The zero-order chi connectivity index (χ0) is 26.9. The Morgan fingerprint density at radius 2 is 1.44 bits per heavy atom. The Bertz CT molecular complexity index is 1120. The Hall–Kier alpha value is -0.300. The van der Waals surface area contributed by atoms with Crippen LogP contribution < -0.4 is 25.4 Å². The summed E-state index contributed by atoms with van der Waals surface area (Å²) in [5.74, 6) is -1.71. The lowest BCUT2D eigenvalue weighted by atomic mass is 9.99. The number of carboxylic acid groups (broad SMARTS) is 2. The quantitative estimate of drug-likeness (QED) is 0.232. The van der Waals surface area contributed by atoms with Crippen LogP contribution in [-0.4, -0.2) is 64.0 Å². The Labute approximate surface area is 259 Å². The maximum absolute atomic E-state index is 11.2. The number of rotatable bonds is 8. The second-order valence-corrected chi connectivity index (χ2v) is 12.4. The molecule has 1 aliphatic heterocycles. The minimum Gasteiger partial charge on any atom is -0.547 e. The number of aliphatic carboxylic acids is 2. The topological polar surface area (TPSA) is 196 Å². The summed E-state index contributed by atoms with van der Waals surface area (Å²) in [5, 5.41) is 52.3. The summed E-state index contributed by atoms with van der Waals surface area (Å²) in [6.45, 7) is 0. The van der Waals surface area contributed by atoms with E-state index in [0.29, 0.717) is 18.6 Å². The van der Waals surface area contributed by atoms with Crippen molar-refractivity contribution in [2.45, 2.75) is 43.2 Å². The van der Waals surface area contributed by atoms with Gasteiger partial charge in [0, 0.05) is 6.42 Å². The SMILES string of the molecule is [NH3+][C@@H](Cc1cc(I)c(Oc2cc(I)c(OC3O[C@H](C(=O)[O-])[C@@H](O)[C@H](O)[C@H]3O)c(I)c2)c(I)c1)C(=O)[O-]. The molecular formula is C21H18I4NO10-. The molecule has 0 spiro atoms. The molecular weight excluding hydrogens is 934 g/mol. The summed E-state index contributed by atoms with van der Waals surface area (Å²) in [6, 6.07) is 6.04. The van der Waals surface area contributed by atoms with E-state index in [1.165, 1.54) is 0 Å². The molecule has 0 radical (unpaired) electrons. The number of aliphatic hydroxyl groups is 3. The van der Waals surface area contributed by atoms with Gasteiger partial charge in [-0.1, -0.05) is 0 Å². The Kier molecular flexibility index (Phi) is 10.7. The van der Waals surface area contributed by atoms with Crippen LogP contribution >= 0.6 is 90.4 Å². The molecule has 1 aliphatic rings. The number of hydrogen-bond acceptors (Lipinski definition) is 10.